The van der Waals surface area contributed by atoms with Crippen LogP contribution in [0, 0.1) is 0 Å². The topological polar surface area (TPSA) is 71.5 Å². The third-order valence-corrected chi connectivity index (χ3v) is 5.86. The molecule has 3 aliphatic heterocycles. The van der Waals surface area contributed by atoms with Crippen molar-refractivity contribution in [3.8, 4) is 11.5 Å². The summed E-state index contributed by atoms with van der Waals surface area (Å²) in [4.78, 5) is 14.5. The molecule has 4 atom stereocenters. The van der Waals surface area contributed by atoms with Crippen LogP contribution in [0.2, 0.25) is 0 Å². The first-order chi connectivity index (χ1) is 11.6. The minimum atomic E-state index is -0.610. The number of nitrogens with zero attached hydrogens (tertiary/aromatic N) is 1. The summed E-state index contributed by atoms with van der Waals surface area (Å²) < 4.78 is 16.6. The van der Waals surface area contributed by atoms with Gasteiger partial charge in [0.1, 0.15) is 12.2 Å². The summed E-state index contributed by atoms with van der Waals surface area (Å²) in [6, 6.07) is 3.95. The van der Waals surface area contributed by atoms with Crippen molar-refractivity contribution in [2.75, 3.05) is 20.8 Å². The summed E-state index contributed by atoms with van der Waals surface area (Å²) in [5.74, 6) is 1.33. The molecule has 1 amide bonds. The monoisotopic (exact) mass is 329 g/mol. The van der Waals surface area contributed by atoms with Gasteiger partial charge >= 0.3 is 0 Å². The van der Waals surface area contributed by atoms with E-state index in [-0.39, 0.29) is 18.1 Å². The molecule has 1 aromatic rings. The van der Waals surface area contributed by atoms with Gasteiger partial charge in [-0.05, 0) is 35.3 Å². The molecule has 1 aliphatic carbocycles. The number of hydrogen-bond acceptors (Lipinski definition) is 5. The number of aliphatic hydroxyl groups is 1. The van der Waals surface area contributed by atoms with Crippen LogP contribution in [-0.4, -0.2) is 55.0 Å². The largest absolute Gasteiger partial charge is 0.493 e. The van der Waals surface area contributed by atoms with Crippen LogP contribution in [0.1, 0.15) is 17.5 Å². The summed E-state index contributed by atoms with van der Waals surface area (Å²) in [6.07, 6.45) is 2.05. The molecule has 0 radical (unpaired) electrons. The smallest absolute Gasteiger partial charge is 0.247 e. The molecule has 1 aromatic carbocycles. The SMILES string of the molecule is COc1cc2c(cc1OC)[C@]13C[C@@H](O)[C@@H]4O[C@@H]4C1=CC(=O)N3CC2. The van der Waals surface area contributed by atoms with E-state index in [1.54, 1.807) is 20.3 Å². The molecular weight excluding hydrogens is 310 g/mol. The molecule has 5 rings (SSSR count). The lowest BCUT2D eigenvalue weighted by molar-refractivity contribution is -0.131. The number of aliphatic hydroxyl groups excluding tert-OH is 1. The maximum Gasteiger partial charge on any atom is 0.247 e. The van der Waals surface area contributed by atoms with Crippen molar-refractivity contribution in [2.45, 2.75) is 36.7 Å². The molecule has 1 saturated carbocycles. The highest BCUT2D eigenvalue weighted by atomic mass is 16.6. The van der Waals surface area contributed by atoms with E-state index in [4.69, 9.17) is 14.2 Å². The number of benzene rings is 1. The van der Waals surface area contributed by atoms with Crippen molar-refractivity contribution in [1.82, 2.24) is 4.90 Å². The zero-order chi connectivity index (χ0) is 16.6. The van der Waals surface area contributed by atoms with Crippen LogP contribution >= 0.6 is 0 Å². The molecule has 2 fully saturated rings. The Morgan fingerprint density at radius 2 is 2.04 bits per heavy atom. The van der Waals surface area contributed by atoms with Crippen LogP contribution in [0.4, 0.5) is 0 Å². The summed E-state index contributed by atoms with van der Waals surface area (Å²) in [5, 5.41) is 10.5. The Morgan fingerprint density at radius 1 is 1.29 bits per heavy atom. The van der Waals surface area contributed by atoms with Crippen molar-refractivity contribution in [3.63, 3.8) is 0 Å². The number of rotatable bonds is 2. The predicted octanol–water partition coefficient (Wildman–Crippen LogP) is 0.756. The van der Waals surface area contributed by atoms with Gasteiger partial charge in [0.25, 0.3) is 0 Å². The quantitative estimate of drug-likeness (QED) is 0.811. The van der Waals surface area contributed by atoms with Gasteiger partial charge in [-0.15, -0.1) is 0 Å². The van der Waals surface area contributed by atoms with E-state index in [1.165, 1.54) is 0 Å². The molecular formula is C18H19NO5. The first kappa shape index (κ1) is 14.3. The molecule has 1 spiro atoms. The number of hydrogen-bond donors (Lipinski definition) is 1. The third kappa shape index (κ3) is 1.55. The highest BCUT2D eigenvalue weighted by Gasteiger charge is 2.65. The van der Waals surface area contributed by atoms with E-state index in [1.807, 2.05) is 17.0 Å². The standard InChI is InChI=1S/C18H19NO5/c1-22-13-5-9-3-4-19-15(21)7-11-16-17(24-16)12(20)8-18(11,19)10(9)6-14(13)23-2/h5-7,12,16-17,20H,3-4,8H2,1-2H3/t12-,16-,17+,18-/m1/s1. The minimum Gasteiger partial charge on any atom is -0.493 e. The zero-order valence-electron chi connectivity index (χ0n) is 13.6. The van der Waals surface area contributed by atoms with Crippen LogP contribution < -0.4 is 9.47 Å². The van der Waals surface area contributed by atoms with Gasteiger partial charge in [0.05, 0.1) is 25.9 Å². The molecule has 0 bridgehead atoms. The summed E-state index contributed by atoms with van der Waals surface area (Å²) >= 11 is 0. The summed E-state index contributed by atoms with van der Waals surface area (Å²) in [7, 11) is 3.23. The third-order valence-electron chi connectivity index (χ3n) is 5.86. The van der Waals surface area contributed by atoms with E-state index >= 15 is 0 Å². The fourth-order valence-corrected chi connectivity index (χ4v) is 4.76. The second-order valence-corrected chi connectivity index (χ2v) is 6.86. The van der Waals surface area contributed by atoms with Gasteiger partial charge in [-0.2, -0.15) is 0 Å². The number of carbonyl (C=O) groups excluding carboxylic acids is 1. The van der Waals surface area contributed by atoms with E-state index in [9.17, 15) is 9.90 Å². The first-order valence-electron chi connectivity index (χ1n) is 8.22. The zero-order valence-corrected chi connectivity index (χ0v) is 13.6. The normalized spacial score (nSPS) is 35.5. The van der Waals surface area contributed by atoms with Gasteiger partial charge in [0, 0.05) is 19.0 Å². The molecule has 1 N–H and O–H groups in total. The molecule has 6 heteroatoms. The van der Waals surface area contributed by atoms with Crippen LogP contribution in [0.5, 0.6) is 11.5 Å². The van der Waals surface area contributed by atoms with Crippen LogP contribution in [0.15, 0.2) is 23.8 Å². The number of methoxy groups -OCH3 is 2. The molecule has 126 valence electrons. The fraction of sp³-hybridized carbons (Fsp3) is 0.500. The summed E-state index contributed by atoms with van der Waals surface area (Å²) in [5.41, 5.74) is 2.53. The molecule has 0 unspecified atom stereocenters. The van der Waals surface area contributed by atoms with Crippen LogP contribution in [-0.2, 0) is 21.5 Å². The van der Waals surface area contributed by atoms with Crippen molar-refractivity contribution in [1.29, 1.82) is 0 Å². The van der Waals surface area contributed by atoms with Gasteiger partial charge in [0.15, 0.2) is 11.5 Å². The fourth-order valence-electron chi connectivity index (χ4n) is 4.76. The lowest BCUT2D eigenvalue weighted by Crippen LogP contribution is -2.55. The van der Waals surface area contributed by atoms with Crippen molar-refractivity contribution >= 4 is 5.91 Å². The number of ether oxygens (including phenoxy) is 3. The predicted molar refractivity (Wildman–Crippen MR) is 84.0 cm³/mol. The van der Waals surface area contributed by atoms with Gasteiger partial charge in [-0.3, -0.25) is 4.79 Å². The molecule has 3 heterocycles. The van der Waals surface area contributed by atoms with Crippen molar-refractivity contribution < 1.29 is 24.1 Å². The van der Waals surface area contributed by atoms with E-state index in [0.29, 0.717) is 24.5 Å². The molecule has 6 nitrogen and oxygen atoms in total. The van der Waals surface area contributed by atoms with Crippen LogP contribution in [0.3, 0.4) is 0 Å². The molecule has 0 aromatic heterocycles. The average Bonchev–Trinajstić information content (AvgIpc) is 3.33. The number of epoxide rings is 1. The Labute approximate surface area is 139 Å². The van der Waals surface area contributed by atoms with E-state index < -0.39 is 11.6 Å². The van der Waals surface area contributed by atoms with Gasteiger partial charge in [-0.25, -0.2) is 0 Å². The van der Waals surface area contributed by atoms with Crippen LogP contribution in [0.25, 0.3) is 0 Å². The molecule has 1 saturated heterocycles. The van der Waals surface area contributed by atoms with E-state index in [0.717, 1.165) is 23.1 Å². The average molecular weight is 329 g/mol. The highest BCUT2D eigenvalue weighted by Crippen LogP contribution is 2.58. The lowest BCUT2D eigenvalue weighted by Gasteiger charge is -2.48. The minimum absolute atomic E-state index is 0.00813. The van der Waals surface area contributed by atoms with Crippen molar-refractivity contribution in [3.05, 3.63) is 34.9 Å². The van der Waals surface area contributed by atoms with Gasteiger partial charge < -0.3 is 24.2 Å². The first-order valence-corrected chi connectivity index (χ1v) is 8.22. The lowest BCUT2D eigenvalue weighted by atomic mass is 9.69. The number of fused-ring (bicyclic) bond motifs is 3. The van der Waals surface area contributed by atoms with Gasteiger partial charge in [0.2, 0.25) is 5.91 Å². The maximum atomic E-state index is 12.6. The van der Waals surface area contributed by atoms with E-state index in [2.05, 4.69) is 0 Å². The molecule has 24 heavy (non-hydrogen) atoms. The Kier molecular flexibility index (Phi) is 2.69. The van der Waals surface area contributed by atoms with Crippen molar-refractivity contribution in [2.24, 2.45) is 0 Å². The Balaban J connectivity index is 1.74. The Morgan fingerprint density at radius 3 is 2.79 bits per heavy atom. The maximum absolute atomic E-state index is 12.6. The molecule has 4 aliphatic rings. The Bertz CT molecular complexity index is 788. The number of carbonyl (C=O) groups is 1. The second-order valence-electron chi connectivity index (χ2n) is 6.86. The highest BCUT2D eigenvalue weighted by molar-refractivity contribution is 5.94. The summed E-state index contributed by atoms with van der Waals surface area (Å²) in [6.45, 7) is 0.630. The number of amides is 1. The Hall–Kier alpha value is -2.05. The van der Waals surface area contributed by atoms with Gasteiger partial charge in [-0.1, -0.05) is 0 Å². The second kappa shape index (κ2) is 4.52.